The Labute approximate surface area is 326 Å². The SMILES string of the molecule is Bc1c2cc3ccccc3c1N(C1=CC3=C(CC1)C(C)(C)CCC3(C)C)c1cc(-c3ccccc3C)c(C)cc1-c1cc3c(cc1-2)C(C)(C)CCC3(C)C. The lowest BCUT2D eigenvalue weighted by Gasteiger charge is -2.46. The lowest BCUT2D eigenvalue weighted by molar-refractivity contribution is 0.257. The predicted molar refractivity (Wildman–Crippen MR) is 236 cm³/mol. The van der Waals surface area contributed by atoms with E-state index in [1.165, 1.54) is 115 Å². The highest BCUT2D eigenvalue weighted by Gasteiger charge is 2.42. The van der Waals surface area contributed by atoms with Crippen LogP contribution in [-0.2, 0) is 10.8 Å². The Morgan fingerprint density at radius 2 is 1.15 bits per heavy atom. The molecule has 1 heterocycles. The first-order valence-corrected chi connectivity index (χ1v) is 20.7. The molecular formula is C52H58BN. The molecule has 3 aliphatic carbocycles. The van der Waals surface area contributed by atoms with Crippen molar-refractivity contribution in [2.24, 2.45) is 10.8 Å². The van der Waals surface area contributed by atoms with E-state index < -0.39 is 0 Å². The summed E-state index contributed by atoms with van der Waals surface area (Å²) >= 11 is 0. The van der Waals surface area contributed by atoms with E-state index in [0.717, 1.165) is 12.8 Å². The highest BCUT2D eigenvalue weighted by Crippen LogP contribution is 2.57. The summed E-state index contributed by atoms with van der Waals surface area (Å²) in [5.74, 6) is 0. The fourth-order valence-corrected chi connectivity index (χ4v) is 10.8. The van der Waals surface area contributed by atoms with E-state index in [0.29, 0.717) is 0 Å². The number of hydrogen-bond acceptors (Lipinski definition) is 1. The van der Waals surface area contributed by atoms with Crippen molar-refractivity contribution in [3.63, 3.8) is 0 Å². The van der Waals surface area contributed by atoms with Crippen molar-refractivity contribution < 1.29 is 0 Å². The number of nitrogens with zero attached hydrogens (tertiary/aromatic N) is 1. The van der Waals surface area contributed by atoms with Crippen LogP contribution in [0.5, 0.6) is 0 Å². The lowest BCUT2D eigenvalue weighted by atomic mass is 9.60. The first kappa shape index (κ1) is 35.4. The summed E-state index contributed by atoms with van der Waals surface area (Å²) in [5, 5.41) is 2.64. The molecule has 9 rings (SSSR count). The molecule has 0 spiro atoms. The maximum atomic E-state index is 2.75. The molecule has 0 unspecified atom stereocenters. The average molecular weight is 708 g/mol. The van der Waals surface area contributed by atoms with Gasteiger partial charge in [0.25, 0.3) is 0 Å². The zero-order valence-electron chi connectivity index (χ0n) is 34.8. The molecule has 1 nitrogen and oxygen atoms in total. The Hall–Kier alpha value is -4.30. The summed E-state index contributed by atoms with van der Waals surface area (Å²) in [4.78, 5) is 2.75. The second kappa shape index (κ2) is 11.9. The van der Waals surface area contributed by atoms with Crippen LogP contribution in [0.15, 0.2) is 102 Å². The van der Waals surface area contributed by atoms with Crippen molar-refractivity contribution in [3.8, 4) is 33.4 Å². The molecule has 4 aliphatic rings. The first-order chi connectivity index (χ1) is 25.5. The van der Waals surface area contributed by atoms with Gasteiger partial charge in [0.05, 0.1) is 5.69 Å². The Bertz CT molecular complexity index is 2480. The first-order valence-electron chi connectivity index (χ1n) is 20.7. The standard InChI is InChI=1S/C52H58BN/c1-31-15-11-13-17-35(31)37-30-46-40(25-32(37)2)38-28-44-45(52(9,10)24-23-51(44,7)8)29-39(38)41-26-33-16-12-14-18-36(33)48(47(41)53)54(46)34-19-20-42-43(27-34)50(5,6)22-21-49(42,3)4/h11-18,25-30H,19-24,53H2,1-10H3. The normalized spacial score (nSPS) is 20.3. The van der Waals surface area contributed by atoms with Crippen LogP contribution in [0.3, 0.4) is 0 Å². The summed E-state index contributed by atoms with van der Waals surface area (Å²) in [5.41, 5.74) is 23.1. The van der Waals surface area contributed by atoms with Crippen LogP contribution < -0.4 is 10.4 Å². The molecule has 0 amide bonds. The molecule has 0 saturated carbocycles. The molecule has 54 heavy (non-hydrogen) atoms. The quantitative estimate of drug-likeness (QED) is 0.165. The third-order valence-corrected chi connectivity index (χ3v) is 14.6. The Kier molecular flexibility index (Phi) is 7.77. The molecule has 0 saturated heterocycles. The Morgan fingerprint density at radius 1 is 0.537 bits per heavy atom. The van der Waals surface area contributed by atoms with Crippen LogP contribution in [0.4, 0.5) is 11.4 Å². The van der Waals surface area contributed by atoms with E-state index >= 15 is 0 Å². The maximum Gasteiger partial charge on any atom is 0.142 e. The topological polar surface area (TPSA) is 3.24 Å². The van der Waals surface area contributed by atoms with Gasteiger partial charge in [-0.05, 0) is 171 Å². The molecule has 0 atom stereocenters. The molecule has 2 bridgehead atoms. The molecule has 0 fully saturated rings. The Balaban J connectivity index is 1.45. The second-order valence-corrected chi connectivity index (χ2v) is 20.0. The fourth-order valence-electron chi connectivity index (χ4n) is 10.8. The molecule has 2 heteroatoms. The van der Waals surface area contributed by atoms with Gasteiger partial charge in [0.2, 0.25) is 0 Å². The summed E-state index contributed by atoms with van der Waals surface area (Å²) in [6.07, 6.45) is 9.68. The maximum absolute atomic E-state index is 2.75. The van der Waals surface area contributed by atoms with E-state index in [4.69, 9.17) is 0 Å². The minimum Gasteiger partial charge on any atom is -0.313 e. The average Bonchev–Trinajstić information content (AvgIpc) is 3.13. The molecule has 0 aromatic heterocycles. The number of hydrogen-bond donors (Lipinski definition) is 0. The molecule has 274 valence electrons. The molecule has 1 aliphatic heterocycles. The van der Waals surface area contributed by atoms with Crippen LogP contribution in [0.1, 0.15) is 116 Å². The number of allylic oxidation sites excluding steroid dienone is 4. The van der Waals surface area contributed by atoms with Crippen molar-refractivity contribution >= 4 is 35.5 Å². The monoisotopic (exact) mass is 707 g/mol. The Morgan fingerprint density at radius 3 is 1.85 bits per heavy atom. The van der Waals surface area contributed by atoms with Crippen molar-refractivity contribution in [1.29, 1.82) is 0 Å². The number of fused-ring (bicyclic) bond motifs is 9. The minimum atomic E-state index is 0.107. The van der Waals surface area contributed by atoms with Crippen LogP contribution in [0, 0.1) is 24.7 Å². The third-order valence-electron chi connectivity index (χ3n) is 14.6. The smallest absolute Gasteiger partial charge is 0.142 e. The van der Waals surface area contributed by atoms with Gasteiger partial charge in [0.1, 0.15) is 7.85 Å². The van der Waals surface area contributed by atoms with Crippen LogP contribution in [0.25, 0.3) is 44.2 Å². The summed E-state index contributed by atoms with van der Waals surface area (Å²) < 4.78 is 0. The lowest BCUT2D eigenvalue weighted by Crippen LogP contribution is -2.35. The second-order valence-electron chi connectivity index (χ2n) is 20.0. The zero-order chi connectivity index (χ0) is 38.1. The predicted octanol–water partition coefficient (Wildman–Crippen LogP) is 13.3. The zero-order valence-corrected chi connectivity index (χ0v) is 34.8. The molecule has 5 aromatic rings. The fraction of sp³-hybridized carbons (Fsp3) is 0.385. The molecule has 0 radical (unpaired) electrons. The minimum absolute atomic E-state index is 0.107. The van der Waals surface area contributed by atoms with Gasteiger partial charge >= 0.3 is 0 Å². The number of benzene rings is 5. The van der Waals surface area contributed by atoms with Gasteiger partial charge in [-0.2, -0.15) is 0 Å². The van der Waals surface area contributed by atoms with E-state index in [9.17, 15) is 0 Å². The van der Waals surface area contributed by atoms with E-state index in [-0.39, 0.29) is 21.7 Å². The van der Waals surface area contributed by atoms with Crippen molar-refractivity contribution in [2.45, 2.75) is 119 Å². The van der Waals surface area contributed by atoms with Gasteiger partial charge in [-0.3, -0.25) is 0 Å². The molecule has 5 aromatic carbocycles. The largest absolute Gasteiger partial charge is 0.313 e. The highest BCUT2D eigenvalue weighted by atomic mass is 15.2. The van der Waals surface area contributed by atoms with Gasteiger partial charge in [-0.1, -0.05) is 115 Å². The van der Waals surface area contributed by atoms with Crippen LogP contribution in [-0.4, -0.2) is 7.85 Å². The number of aryl methyl sites for hydroxylation is 2. The van der Waals surface area contributed by atoms with Gasteiger partial charge < -0.3 is 4.90 Å². The van der Waals surface area contributed by atoms with Crippen molar-refractivity contribution in [1.82, 2.24) is 0 Å². The highest BCUT2D eigenvalue weighted by molar-refractivity contribution is 6.43. The summed E-state index contributed by atoms with van der Waals surface area (Å²) in [6, 6.07) is 31.0. The van der Waals surface area contributed by atoms with Gasteiger partial charge in [0, 0.05) is 22.3 Å². The van der Waals surface area contributed by atoms with E-state index in [1.807, 2.05) is 0 Å². The molecular weight excluding hydrogens is 649 g/mol. The summed E-state index contributed by atoms with van der Waals surface area (Å²) in [6.45, 7) is 24.4. The van der Waals surface area contributed by atoms with Crippen molar-refractivity contribution in [3.05, 3.63) is 124 Å². The number of anilines is 2. The van der Waals surface area contributed by atoms with Crippen LogP contribution >= 0.6 is 0 Å². The third kappa shape index (κ3) is 5.26. The van der Waals surface area contributed by atoms with Gasteiger partial charge in [0.15, 0.2) is 0 Å². The van der Waals surface area contributed by atoms with Gasteiger partial charge in [-0.25, -0.2) is 0 Å². The van der Waals surface area contributed by atoms with E-state index in [2.05, 4.69) is 167 Å². The van der Waals surface area contributed by atoms with Gasteiger partial charge in [-0.15, -0.1) is 0 Å². The molecule has 0 N–H and O–H groups in total. The summed E-state index contributed by atoms with van der Waals surface area (Å²) in [7, 11) is 2.41. The number of rotatable bonds is 2. The van der Waals surface area contributed by atoms with Crippen LogP contribution in [0.2, 0.25) is 0 Å². The van der Waals surface area contributed by atoms with Crippen molar-refractivity contribution in [2.75, 3.05) is 4.90 Å². The van der Waals surface area contributed by atoms with E-state index in [1.54, 1.807) is 11.1 Å².